The standard InChI is InChI=1S/C9H22N2O2/c1-10-7-9(8-12-4)13-6-5-11(2)3/h9-10H,5-8H2,1-4H3. The Labute approximate surface area is 81.2 Å². The van der Waals surface area contributed by atoms with Gasteiger partial charge < -0.3 is 19.7 Å². The topological polar surface area (TPSA) is 33.7 Å². The molecule has 0 saturated heterocycles. The van der Waals surface area contributed by atoms with E-state index in [0.717, 1.165) is 19.7 Å². The van der Waals surface area contributed by atoms with Crippen LogP contribution in [-0.4, -0.2) is 65.6 Å². The molecule has 0 aliphatic heterocycles. The summed E-state index contributed by atoms with van der Waals surface area (Å²) in [6, 6.07) is 0. The summed E-state index contributed by atoms with van der Waals surface area (Å²) in [7, 11) is 7.68. The van der Waals surface area contributed by atoms with Crippen molar-refractivity contribution >= 4 is 0 Å². The first kappa shape index (κ1) is 12.8. The van der Waals surface area contributed by atoms with Gasteiger partial charge in [-0.05, 0) is 21.1 Å². The smallest absolute Gasteiger partial charge is 0.0932 e. The number of rotatable bonds is 8. The van der Waals surface area contributed by atoms with E-state index in [-0.39, 0.29) is 6.10 Å². The van der Waals surface area contributed by atoms with Crippen molar-refractivity contribution in [1.29, 1.82) is 0 Å². The van der Waals surface area contributed by atoms with Gasteiger partial charge in [0.25, 0.3) is 0 Å². The lowest BCUT2D eigenvalue weighted by Gasteiger charge is -2.18. The van der Waals surface area contributed by atoms with Gasteiger partial charge in [0.05, 0.1) is 19.3 Å². The molecule has 0 spiro atoms. The lowest BCUT2D eigenvalue weighted by molar-refractivity contribution is -0.00461. The molecule has 0 radical (unpaired) electrons. The molecule has 0 rings (SSSR count). The van der Waals surface area contributed by atoms with Gasteiger partial charge in [-0.3, -0.25) is 0 Å². The van der Waals surface area contributed by atoms with Gasteiger partial charge >= 0.3 is 0 Å². The molecule has 0 amide bonds. The molecule has 4 nitrogen and oxygen atoms in total. The van der Waals surface area contributed by atoms with Crippen LogP contribution in [0.5, 0.6) is 0 Å². The van der Waals surface area contributed by atoms with E-state index in [2.05, 4.69) is 10.2 Å². The highest BCUT2D eigenvalue weighted by Crippen LogP contribution is 1.91. The van der Waals surface area contributed by atoms with Crippen molar-refractivity contribution in [1.82, 2.24) is 10.2 Å². The van der Waals surface area contributed by atoms with Gasteiger partial charge in [-0.25, -0.2) is 0 Å². The second-order valence-corrected chi connectivity index (χ2v) is 3.31. The molecule has 0 fully saturated rings. The van der Waals surface area contributed by atoms with E-state index in [1.54, 1.807) is 7.11 Å². The van der Waals surface area contributed by atoms with Crippen molar-refractivity contribution < 1.29 is 9.47 Å². The Kier molecular flexibility index (Phi) is 8.33. The first-order valence-electron chi connectivity index (χ1n) is 4.60. The van der Waals surface area contributed by atoms with E-state index in [1.165, 1.54) is 0 Å². The summed E-state index contributed by atoms with van der Waals surface area (Å²) in [6.45, 7) is 3.18. The number of hydrogen-bond acceptors (Lipinski definition) is 4. The van der Waals surface area contributed by atoms with Gasteiger partial charge in [0.1, 0.15) is 0 Å². The average Bonchev–Trinajstić information content (AvgIpc) is 2.04. The monoisotopic (exact) mass is 190 g/mol. The Morgan fingerprint density at radius 1 is 1.38 bits per heavy atom. The van der Waals surface area contributed by atoms with Gasteiger partial charge in [-0.15, -0.1) is 0 Å². The second-order valence-electron chi connectivity index (χ2n) is 3.31. The third kappa shape index (κ3) is 8.18. The second kappa shape index (κ2) is 8.44. The van der Waals surface area contributed by atoms with E-state index in [9.17, 15) is 0 Å². The predicted octanol–water partition coefficient (Wildman–Crippen LogP) is -0.201. The molecule has 1 unspecified atom stereocenters. The van der Waals surface area contributed by atoms with Crippen LogP contribution in [0.15, 0.2) is 0 Å². The van der Waals surface area contributed by atoms with Crippen LogP contribution < -0.4 is 5.32 Å². The summed E-state index contributed by atoms with van der Waals surface area (Å²) in [6.07, 6.45) is 0.162. The van der Waals surface area contributed by atoms with Crippen molar-refractivity contribution in [2.45, 2.75) is 6.10 Å². The highest BCUT2D eigenvalue weighted by molar-refractivity contribution is 4.59. The van der Waals surface area contributed by atoms with Crippen LogP contribution in [0.4, 0.5) is 0 Å². The first-order chi connectivity index (χ1) is 6.20. The average molecular weight is 190 g/mol. The van der Waals surface area contributed by atoms with Crippen LogP contribution in [0.2, 0.25) is 0 Å². The van der Waals surface area contributed by atoms with Crippen molar-refractivity contribution in [3.05, 3.63) is 0 Å². The van der Waals surface area contributed by atoms with Crippen molar-refractivity contribution in [2.24, 2.45) is 0 Å². The van der Waals surface area contributed by atoms with Crippen LogP contribution in [0.3, 0.4) is 0 Å². The molecule has 1 atom stereocenters. The molecular weight excluding hydrogens is 168 g/mol. The minimum atomic E-state index is 0.162. The van der Waals surface area contributed by atoms with Crippen LogP contribution >= 0.6 is 0 Å². The minimum Gasteiger partial charge on any atom is -0.382 e. The number of nitrogens with zero attached hydrogens (tertiary/aromatic N) is 1. The maximum atomic E-state index is 5.60. The largest absolute Gasteiger partial charge is 0.382 e. The van der Waals surface area contributed by atoms with Crippen molar-refractivity contribution in [2.75, 3.05) is 54.6 Å². The quantitative estimate of drug-likeness (QED) is 0.575. The van der Waals surface area contributed by atoms with Crippen LogP contribution in [0.25, 0.3) is 0 Å². The van der Waals surface area contributed by atoms with Crippen molar-refractivity contribution in [3.8, 4) is 0 Å². The summed E-state index contributed by atoms with van der Waals surface area (Å²) in [5.74, 6) is 0. The molecule has 0 bridgehead atoms. The SMILES string of the molecule is CNCC(COC)OCCN(C)C. The zero-order valence-corrected chi connectivity index (χ0v) is 9.17. The van der Waals surface area contributed by atoms with Gasteiger partial charge in [0.2, 0.25) is 0 Å². The molecule has 4 heteroatoms. The molecule has 0 aromatic heterocycles. The molecule has 0 aliphatic carbocycles. The van der Waals surface area contributed by atoms with Crippen molar-refractivity contribution in [3.63, 3.8) is 0 Å². The van der Waals surface area contributed by atoms with Gasteiger partial charge in [-0.1, -0.05) is 0 Å². The molecule has 0 saturated carbocycles. The molecule has 0 aromatic rings. The van der Waals surface area contributed by atoms with E-state index < -0.39 is 0 Å². The molecular formula is C9H22N2O2. The minimum absolute atomic E-state index is 0.162. The summed E-state index contributed by atoms with van der Waals surface area (Å²) in [4.78, 5) is 2.10. The summed E-state index contributed by atoms with van der Waals surface area (Å²) < 4.78 is 10.6. The zero-order valence-electron chi connectivity index (χ0n) is 9.17. The highest BCUT2D eigenvalue weighted by atomic mass is 16.5. The van der Waals surface area contributed by atoms with Gasteiger partial charge in [-0.2, -0.15) is 0 Å². The number of nitrogens with one attached hydrogen (secondary N) is 1. The normalized spacial score (nSPS) is 13.6. The van der Waals surface area contributed by atoms with Crippen LogP contribution in [0.1, 0.15) is 0 Å². The summed E-state index contributed by atoms with van der Waals surface area (Å²) in [5, 5.41) is 3.07. The van der Waals surface area contributed by atoms with Gasteiger partial charge in [0, 0.05) is 20.2 Å². The Balaban J connectivity index is 3.44. The number of likely N-dealkylation sites (N-methyl/N-ethyl adjacent to an activating group) is 2. The van der Waals surface area contributed by atoms with E-state index in [0.29, 0.717) is 6.61 Å². The van der Waals surface area contributed by atoms with Crippen LogP contribution in [-0.2, 0) is 9.47 Å². The van der Waals surface area contributed by atoms with E-state index in [4.69, 9.17) is 9.47 Å². The first-order valence-corrected chi connectivity index (χ1v) is 4.60. The maximum absolute atomic E-state index is 5.60. The molecule has 0 aliphatic rings. The molecule has 1 N–H and O–H groups in total. The fraction of sp³-hybridized carbons (Fsp3) is 1.00. The Morgan fingerprint density at radius 2 is 2.08 bits per heavy atom. The fourth-order valence-electron chi connectivity index (χ4n) is 0.981. The van der Waals surface area contributed by atoms with E-state index in [1.807, 2.05) is 21.1 Å². The third-order valence-corrected chi connectivity index (χ3v) is 1.68. The summed E-state index contributed by atoms with van der Waals surface area (Å²) >= 11 is 0. The number of methoxy groups -OCH3 is 1. The Bertz CT molecular complexity index is 104. The predicted molar refractivity (Wildman–Crippen MR) is 54.1 cm³/mol. The van der Waals surface area contributed by atoms with Gasteiger partial charge in [0.15, 0.2) is 0 Å². The maximum Gasteiger partial charge on any atom is 0.0932 e. The zero-order chi connectivity index (χ0) is 10.1. The molecule has 80 valence electrons. The van der Waals surface area contributed by atoms with E-state index >= 15 is 0 Å². The molecule has 13 heavy (non-hydrogen) atoms. The number of hydrogen-bond donors (Lipinski definition) is 1. The van der Waals surface area contributed by atoms with Crippen LogP contribution in [0, 0.1) is 0 Å². The third-order valence-electron chi connectivity index (χ3n) is 1.68. The number of ether oxygens (including phenoxy) is 2. The molecule has 0 aromatic carbocycles. The summed E-state index contributed by atoms with van der Waals surface area (Å²) in [5.41, 5.74) is 0. The fourth-order valence-corrected chi connectivity index (χ4v) is 0.981. The highest BCUT2D eigenvalue weighted by Gasteiger charge is 2.06. The lowest BCUT2D eigenvalue weighted by Crippen LogP contribution is -2.32. The lowest BCUT2D eigenvalue weighted by atomic mass is 10.4. The molecule has 0 heterocycles. The Morgan fingerprint density at radius 3 is 2.54 bits per heavy atom. The Hall–Kier alpha value is -0.160.